The molecule has 3 aromatic rings. The molecule has 4 rings (SSSR count). The molecule has 1 atom stereocenters. The summed E-state index contributed by atoms with van der Waals surface area (Å²) < 4.78 is 84.3. The monoisotopic (exact) mass is 1050 g/mol. The molecule has 85 heavy (non-hydrogen) atoms. The first kappa shape index (κ1) is 79.8. The van der Waals surface area contributed by atoms with E-state index in [0.717, 1.165) is 28.6 Å². The summed E-state index contributed by atoms with van der Waals surface area (Å²) in [5, 5.41) is 0. The van der Waals surface area contributed by atoms with Crippen LogP contribution < -0.4 is 4.31 Å². The van der Waals surface area contributed by atoms with Crippen LogP contribution in [0.5, 0.6) is 0 Å². The highest BCUT2D eigenvalue weighted by molar-refractivity contribution is 8.36. The fourth-order valence-electron chi connectivity index (χ4n) is 13.1. The van der Waals surface area contributed by atoms with E-state index >= 15 is 0 Å². The summed E-state index contributed by atoms with van der Waals surface area (Å²) in [5.41, 5.74) is 1.60. The molecule has 327 valence electrons. The number of nitrogens with zero attached hydrogens (tertiary/aromatic N) is 1. The van der Waals surface area contributed by atoms with Crippen molar-refractivity contribution < 1.29 is 26.0 Å². The topological polar surface area (TPSA) is 37.4 Å². The number of halogens is 4. The molecular weight excluding hydrogens is 1020 g/mol. The predicted octanol–water partition coefficient (Wildman–Crippen LogP) is -14.5. The van der Waals surface area contributed by atoms with Gasteiger partial charge in [-0.05, 0) is 79.6 Å². The molecule has 55 radical (unpaired) electrons. The second kappa shape index (κ2) is 35.7. The minimum atomic E-state index is -4.37. The molecule has 61 heteroatoms. The van der Waals surface area contributed by atoms with Gasteiger partial charge in [0.25, 0.3) is 10.0 Å². The summed E-state index contributed by atoms with van der Waals surface area (Å²) in [5.74, 6) is -2.92. The molecule has 1 aliphatic heterocycles. The summed E-state index contributed by atoms with van der Waals surface area (Å²) in [6, 6.07) is 10.3. The number of fused-ring (bicyclic) bond motifs is 1. The second-order valence-electron chi connectivity index (χ2n) is 22.6. The minimum absolute atomic E-state index is 0.143. The van der Waals surface area contributed by atoms with E-state index in [1.807, 2.05) is 0 Å². The number of rotatable bonds is 30. The molecule has 1 aliphatic rings. The molecule has 0 aliphatic carbocycles. The number of aryl methyl sites for hydroxylation is 3. The van der Waals surface area contributed by atoms with E-state index in [1.54, 1.807) is 6.92 Å². The van der Waals surface area contributed by atoms with Crippen LogP contribution in [0.3, 0.4) is 0 Å². The SMILES string of the molecule is Cc1ccc(S(=O)(=O)N2c3cc(F)ccc3CCC2CCc2ccc(F)cc2F)c(F)c1.[B][B]B(B([B])[B])B(B(B([B])[B])B([B])[B])B(B(B([B])[B])B([B])[B])B(B(B(B([B])[B])B([B])[B])B(B([B])[B])B([B])[B])B(B(B([B])[B])B([B])[B])B(B([B])[B])B([B])[B]. The van der Waals surface area contributed by atoms with Gasteiger partial charge in [-0.1, -0.05) is 18.2 Å². The van der Waals surface area contributed by atoms with Crippen molar-refractivity contribution in [2.24, 2.45) is 0 Å². The van der Waals surface area contributed by atoms with Crippen LogP contribution in [0.2, 0.25) is 0 Å². The van der Waals surface area contributed by atoms with Crippen LogP contribution in [0, 0.1) is 30.2 Å². The van der Waals surface area contributed by atoms with Gasteiger partial charge in [0, 0.05) is 388 Å². The summed E-state index contributed by atoms with van der Waals surface area (Å²) >= 11 is 0. The molecule has 0 N–H and O–H groups in total. The molecule has 0 aromatic heterocycles. The third-order valence-electron chi connectivity index (χ3n) is 16.6. The molecule has 3 aromatic carbocycles. The first-order valence-electron chi connectivity index (χ1n) is 27.5. The first-order chi connectivity index (χ1) is 39.3. The third kappa shape index (κ3) is 20.5. The highest BCUT2D eigenvalue weighted by atomic mass is 32.2. The maximum absolute atomic E-state index is 14.7. The Morgan fingerprint density at radius 2 is 0.800 bits per heavy atom. The lowest BCUT2D eigenvalue weighted by molar-refractivity contribution is 0.508. The number of sulfonamides is 1. The molecule has 0 saturated carbocycles. The Morgan fingerprint density at radius 1 is 0.447 bits per heavy atom. The van der Waals surface area contributed by atoms with E-state index < -0.39 is 204 Å². The van der Waals surface area contributed by atoms with E-state index in [2.05, 4.69) is 0 Å². The van der Waals surface area contributed by atoms with Crippen molar-refractivity contribution in [3.63, 3.8) is 0 Å². The zero-order valence-corrected chi connectivity index (χ0v) is 48.7. The molecule has 1 unspecified atom stereocenters. The van der Waals surface area contributed by atoms with Crippen molar-refractivity contribution in [3.05, 3.63) is 94.6 Å². The van der Waals surface area contributed by atoms with E-state index in [-0.39, 0.29) is 24.1 Å². The van der Waals surface area contributed by atoms with Crippen molar-refractivity contribution >= 4 is 391 Å². The molecule has 0 spiro atoms. The van der Waals surface area contributed by atoms with Crippen molar-refractivity contribution in [3.8, 4) is 0 Å². The zero-order valence-electron chi connectivity index (χ0n) is 47.9. The summed E-state index contributed by atoms with van der Waals surface area (Å²) in [6.45, 7) is 1.64. The van der Waals surface area contributed by atoms with Gasteiger partial charge >= 0.3 is 0 Å². The fourth-order valence-corrected chi connectivity index (χ4v) is 14.9. The summed E-state index contributed by atoms with van der Waals surface area (Å²) in [6.07, 6.45) is -31.4. The standard InChI is InChI=1S/C24H21F4NO2S.B53/c1-15-2-11-24(22(28)12-15)32(30,31)29-20(9-5-16-3-7-18(25)13-21(16)27)10-6-17-4-8-19(26)14-23(17)29;1-28-42(29(2)3)49(43(30(4)5)31(6)7)52(48(40(24)25)41(26)27)53(50(44(32(8)9)33(10)11)45(34(12)13)35(14)15)51(46(36(16)17)37(18)19)47(38(20)21)39(22)23/h2-4,7-8,11-14,20H,5-6,9-10H2,1H3;. The minimum Gasteiger partial charge on any atom is -0.263 e. The van der Waals surface area contributed by atoms with Gasteiger partial charge in [0.05, 0.1) is 5.69 Å². The molecule has 0 saturated heterocycles. The highest BCUT2D eigenvalue weighted by Gasteiger charge is 2.61. The van der Waals surface area contributed by atoms with E-state index in [0.29, 0.717) is 24.0 Å². The van der Waals surface area contributed by atoms with E-state index in [9.17, 15) is 26.0 Å². The number of hydrogen-bond acceptors (Lipinski definition) is 2. The van der Waals surface area contributed by atoms with Gasteiger partial charge in [-0.2, -0.15) is 0 Å². The van der Waals surface area contributed by atoms with Crippen molar-refractivity contribution in [2.45, 2.75) is 43.5 Å². The number of benzene rings is 3. The Morgan fingerprint density at radius 3 is 1.15 bits per heavy atom. The van der Waals surface area contributed by atoms with Gasteiger partial charge in [0.2, 0.25) is 0 Å². The van der Waals surface area contributed by atoms with Crippen molar-refractivity contribution in [2.75, 3.05) is 4.31 Å². The van der Waals surface area contributed by atoms with E-state index in [4.69, 9.17) is 209 Å². The van der Waals surface area contributed by atoms with Crippen molar-refractivity contribution in [1.29, 1.82) is 0 Å². The normalized spacial score (nSPS) is 12.1. The Balaban J connectivity index is 0.000000497. The Labute approximate surface area is 555 Å². The summed E-state index contributed by atoms with van der Waals surface area (Å²) in [4.78, 5) is -0.502. The Hall–Kier alpha value is 0.572. The average Bonchev–Trinajstić information content (AvgIpc) is 0.925. The summed E-state index contributed by atoms with van der Waals surface area (Å²) in [7, 11) is 172. The van der Waals surface area contributed by atoms with Crippen molar-refractivity contribution in [1.82, 2.24) is 0 Å². The third-order valence-corrected chi connectivity index (χ3v) is 18.5. The lowest BCUT2D eigenvalue weighted by atomic mass is 8.24. The van der Waals surface area contributed by atoms with Gasteiger partial charge in [0.15, 0.2) is 0 Å². The fraction of sp³-hybridized carbons (Fsp3) is 0.250. The molecule has 0 fully saturated rings. The van der Waals surface area contributed by atoms with E-state index in [1.165, 1.54) is 37.4 Å². The highest BCUT2D eigenvalue weighted by Crippen LogP contribution is 2.38. The van der Waals surface area contributed by atoms with Crippen LogP contribution in [0.15, 0.2) is 59.5 Å². The first-order valence-corrected chi connectivity index (χ1v) is 29.0. The average molecular weight is 1040 g/mol. The maximum Gasteiger partial charge on any atom is 0.267 e. The van der Waals surface area contributed by atoms with Crippen LogP contribution in [0.25, 0.3) is 0 Å². The van der Waals surface area contributed by atoms with Crippen LogP contribution >= 0.6 is 0 Å². The molecule has 3 nitrogen and oxygen atoms in total. The van der Waals surface area contributed by atoms with Gasteiger partial charge in [-0.3, -0.25) is 4.31 Å². The van der Waals surface area contributed by atoms with Gasteiger partial charge in [-0.15, -0.1) is 0 Å². The molecule has 0 bridgehead atoms. The quantitative estimate of drug-likeness (QED) is 0.0493. The lowest BCUT2D eigenvalue weighted by Gasteiger charge is -2.57. The van der Waals surface area contributed by atoms with Crippen LogP contribution in [-0.2, 0) is 22.9 Å². The van der Waals surface area contributed by atoms with Crippen LogP contribution in [-0.4, -0.2) is 390 Å². The molecule has 0 amide bonds. The van der Waals surface area contributed by atoms with Crippen LogP contribution in [0.1, 0.15) is 29.5 Å². The lowest BCUT2D eigenvalue weighted by Crippen LogP contribution is -2.95. The van der Waals surface area contributed by atoms with Gasteiger partial charge < -0.3 is 0 Å². The van der Waals surface area contributed by atoms with Gasteiger partial charge in [0.1, 0.15) is 28.2 Å². The molecule has 1 heterocycles. The predicted molar refractivity (Wildman–Crippen MR) is 419 cm³/mol. The number of anilines is 1. The molecular formula is C24H21B53F4NO2S. The Bertz CT molecular complexity index is 2500. The number of hydrogen-bond donors (Lipinski definition) is 0. The Kier molecular flexibility index (Phi) is 33.5. The largest absolute Gasteiger partial charge is 0.267 e. The van der Waals surface area contributed by atoms with Gasteiger partial charge in [-0.25, -0.2) is 26.0 Å². The maximum atomic E-state index is 14.7. The zero-order chi connectivity index (χ0) is 65.2. The van der Waals surface area contributed by atoms with Crippen LogP contribution in [0.4, 0.5) is 23.2 Å². The smallest absolute Gasteiger partial charge is 0.263 e. The second-order valence-corrected chi connectivity index (χ2v) is 24.4.